The second-order valence-electron chi connectivity index (χ2n) is 8.74. The highest BCUT2D eigenvalue weighted by Crippen LogP contribution is 2.26. The van der Waals surface area contributed by atoms with Crippen LogP contribution in [0.1, 0.15) is 50.4 Å². The number of carbonyl (C=O) groups excluding carboxylic acids is 3. The molecule has 3 amide bonds. The van der Waals surface area contributed by atoms with Gasteiger partial charge in [-0.15, -0.1) is 0 Å². The molecular formula is C22H28N4O4. The van der Waals surface area contributed by atoms with Gasteiger partial charge in [0.1, 0.15) is 17.7 Å². The van der Waals surface area contributed by atoms with E-state index >= 15 is 0 Å². The SMILES string of the molecule is CC(C)(C)OC(=O)N1CC(NC(=O)c2ccccc2)CC1C(=O)N1CCC[C@H]1C#N. The maximum Gasteiger partial charge on any atom is 0.411 e. The van der Waals surface area contributed by atoms with E-state index in [4.69, 9.17) is 4.74 Å². The summed E-state index contributed by atoms with van der Waals surface area (Å²) in [5, 5.41) is 12.3. The number of nitriles is 1. The molecule has 0 saturated carbocycles. The summed E-state index contributed by atoms with van der Waals surface area (Å²) in [6.45, 7) is 5.96. The van der Waals surface area contributed by atoms with Crippen molar-refractivity contribution in [2.75, 3.05) is 13.1 Å². The number of benzene rings is 1. The lowest BCUT2D eigenvalue weighted by Crippen LogP contribution is -2.50. The molecular weight excluding hydrogens is 384 g/mol. The van der Waals surface area contributed by atoms with E-state index in [2.05, 4.69) is 11.4 Å². The molecule has 0 aliphatic carbocycles. The predicted octanol–water partition coefficient (Wildman–Crippen LogP) is 2.31. The fourth-order valence-corrected chi connectivity index (χ4v) is 3.91. The molecule has 160 valence electrons. The lowest BCUT2D eigenvalue weighted by atomic mass is 10.1. The van der Waals surface area contributed by atoms with E-state index in [1.165, 1.54) is 4.90 Å². The summed E-state index contributed by atoms with van der Waals surface area (Å²) >= 11 is 0. The van der Waals surface area contributed by atoms with Gasteiger partial charge in [-0.05, 0) is 52.2 Å². The van der Waals surface area contributed by atoms with Crippen LogP contribution in [0.5, 0.6) is 0 Å². The standard InChI is InChI=1S/C22H28N4O4/c1-22(2,3)30-21(29)26-14-16(24-19(27)15-8-5-4-6-9-15)12-18(26)20(28)25-11-7-10-17(25)13-23/h4-6,8-9,16-18H,7,10-12,14H2,1-3H3,(H,24,27)/t16?,17-,18?/m0/s1. The fraction of sp³-hybridized carbons (Fsp3) is 0.545. The monoisotopic (exact) mass is 412 g/mol. The number of hydrogen-bond acceptors (Lipinski definition) is 5. The zero-order valence-electron chi connectivity index (χ0n) is 17.6. The molecule has 0 bridgehead atoms. The third kappa shape index (κ3) is 4.90. The van der Waals surface area contributed by atoms with Gasteiger partial charge in [0.25, 0.3) is 5.91 Å². The molecule has 8 heteroatoms. The summed E-state index contributed by atoms with van der Waals surface area (Å²) in [7, 11) is 0. The van der Waals surface area contributed by atoms with Crippen molar-refractivity contribution in [2.24, 2.45) is 0 Å². The van der Waals surface area contributed by atoms with Crippen molar-refractivity contribution < 1.29 is 19.1 Å². The minimum Gasteiger partial charge on any atom is -0.444 e. The van der Waals surface area contributed by atoms with Crippen molar-refractivity contribution in [1.82, 2.24) is 15.1 Å². The molecule has 2 unspecified atom stereocenters. The average molecular weight is 412 g/mol. The van der Waals surface area contributed by atoms with Gasteiger partial charge < -0.3 is 15.0 Å². The first-order chi connectivity index (χ1) is 14.2. The molecule has 2 heterocycles. The van der Waals surface area contributed by atoms with Crippen LogP contribution in [0.15, 0.2) is 30.3 Å². The van der Waals surface area contributed by atoms with E-state index in [0.717, 1.165) is 6.42 Å². The van der Waals surface area contributed by atoms with Crippen LogP contribution in [0.25, 0.3) is 0 Å². The van der Waals surface area contributed by atoms with Gasteiger partial charge >= 0.3 is 6.09 Å². The Bertz CT molecular complexity index is 843. The summed E-state index contributed by atoms with van der Waals surface area (Å²) in [4.78, 5) is 41.5. The van der Waals surface area contributed by atoms with Crippen LogP contribution < -0.4 is 5.32 Å². The molecule has 30 heavy (non-hydrogen) atoms. The molecule has 1 aromatic carbocycles. The molecule has 0 aromatic heterocycles. The van der Waals surface area contributed by atoms with Crippen molar-refractivity contribution in [3.05, 3.63) is 35.9 Å². The highest BCUT2D eigenvalue weighted by atomic mass is 16.6. The zero-order valence-corrected chi connectivity index (χ0v) is 17.6. The molecule has 8 nitrogen and oxygen atoms in total. The third-order valence-electron chi connectivity index (χ3n) is 5.27. The van der Waals surface area contributed by atoms with Crippen LogP contribution >= 0.6 is 0 Å². The Balaban J connectivity index is 1.77. The Hall–Kier alpha value is -3.08. The largest absolute Gasteiger partial charge is 0.444 e. The molecule has 1 N–H and O–H groups in total. The average Bonchev–Trinajstić information content (AvgIpc) is 3.33. The normalized spacial score (nSPS) is 23.7. The minimum absolute atomic E-state index is 0.176. The molecule has 0 spiro atoms. The van der Waals surface area contributed by atoms with Crippen LogP contribution in [0, 0.1) is 11.3 Å². The molecule has 0 radical (unpaired) electrons. The Morgan fingerprint density at radius 1 is 1.17 bits per heavy atom. The molecule has 2 aliphatic rings. The molecule has 1 aromatic rings. The Morgan fingerprint density at radius 3 is 2.50 bits per heavy atom. The van der Waals surface area contributed by atoms with Crippen molar-refractivity contribution >= 4 is 17.9 Å². The highest BCUT2D eigenvalue weighted by Gasteiger charge is 2.45. The molecule has 2 fully saturated rings. The first-order valence-corrected chi connectivity index (χ1v) is 10.2. The van der Waals surface area contributed by atoms with Crippen molar-refractivity contribution in [3.8, 4) is 6.07 Å². The van der Waals surface area contributed by atoms with Crippen LogP contribution in [-0.2, 0) is 9.53 Å². The fourth-order valence-electron chi connectivity index (χ4n) is 3.91. The quantitative estimate of drug-likeness (QED) is 0.821. The summed E-state index contributed by atoms with van der Waals surface area (Å²) in [5.41, 5.74) is -0.195. The number of likely N-dealkylation sites (tertiary alicyclic amines) is 2. The second-order valence-corrected chi connectivity index (χ2v) is 8.74. The van der Waals surface area contributed by atoms with Gasteiger partial charge in [0.15, 0.2) is 0 Å². The lowest BCUT2D eigenvalue weighted by Gasteiger charge is -2.30. The van der Waals surface area contributed by atoms with Gasteiger partial charge in [0.05, 0.1) is 6.07 Å². The first-order valence-electron chi connectivity index (χ1n) is 10.2. The van der Waals surface area contributed by atoms with Gasteiger partial charge in [-0.2, -0.15) is 5.26 Å². The summed E-state index contributed by atoms with van der Waals surface area (Å²) in [6, 6.07) is 9.33. The minimum atomic E-state index is -0.769. The van der Waals surface area contributed by atoms with Crippen LogP contribution in [0.3, 0.4) is 0 Å². The van der Waals surface area contributed by atoms with E-state index < -0.39 is 23.8 Å². The number of ether oxygens (including phenoxy) is 1. The number of carbonyl (C=O) groups is 3. The van der Waals surface area contributed by atoms with E-state index in [1.807, 2.05) is 6.07 Å². The van der Waals surface area contributed by atoms with E-state index in [-0.39, 0.29) is 30.8 Å². The topological polar surface area (TPSA) is 103 Å². The van der Waals surface area contributed by atoms with Crippen LogP contribution in [0.2, 0.25) is 0 Å². The number of hydrogen-bond donors (Lipinski definition) is 1. The van der Waals surface area contributed by atoms with Gasteiger partial charge in [-0.1, -0.05) is 18.2 Å². The van der Waals surface area contributed by atoms with Gasteiger partial charge in [-0.25, -0.2) is 4.79 Å². The Labute approximate surface area is 176 Å². The van der Waals surface area contributed by atoms with E-state index in [9.17, 15) is 19.6 Å². The second kappa shape index (κ2) is 8.74. The Kier molecular flexibility index (Phi) is 6.30. The van der Waals surface area contributed by atoms with Crippen molar-refractivity contribution in [1.29, 1.82) is 5.26 Å². The van der Waals surface area contributed by atoms with Gasteiger partial charge in [0.2, 0.25) is 5.91 Å². The predicted molar refractivity (Wildman–Crippen MR) is 109 cm³/mol. The van der Waals surface area contributed by atoms with E-state index in [1.54, 1.807) is 49.9 Å². The molecule has 3 rings (SSSR count). The van der Waals surface area contributed by atoms with Crippen molar-refractivity contribution in [2.45, 2.75) is 63.8 Å². The van der Waals surface area contributed by atoms with Gasteiger partial charge in [0, 0.05) is 24.7 Å². The van der Waals surface area contributed by atoms with Crippen molar-refractivity contribution in [3.63, 3.8) is 0 Å². The maximum atomic E-state index is 13.2. The number of amides is 3. The summed E-state index contributed by atoms with van der Waals surface area (Å²) in [6.07, 6.45) is 1.09. The molecule has 2 aliphatic heterocycles. The zero-order chi connectivity index (χ0) is 21.9. The first kappa shape index (κ1) is 21.6. The van der Waals surface area contributed by atoms with Crippen LogP contribution in [0.4, 0.5) is 4.79 Å². The van der Waals surface area contributed by atoms with Crippen LogP contribution in [-0.4, -0.2) is 64.5 Å². The Morgan fingerprint density at radius 2 is 1.87 bits per heavy atom. The highest BCUT2D eigenvalue weighted by molar-refractivity contribution is 5.94. The van der Waals surface area contributed by atoms with E-state index in [0.29, 0.717) is 18.5 Å². The number of nitrogens with zero attached hydrogens (tertiary/aromatic N) is 3. The molecule has 3 atom stereocenters. The smallest absolute Gasteiger partial charge is 0.411 e. The number of rotatable bonds is 3. The van der Waals surface area contributed by atoms with Gasteiger partial charge in [-0.3, -0.25) is 14.5 Å². The summed E-state index contributed by atoms with van der Waals surface area (Å²) < 4.78 is 5.49. The summed E-state index contributed by atoms with van der Waals surface area (Å²) in [5.74, 6) is -0.518. The number of nitrogens with one attached hydrogen (secondary N) is 1. The molecule has 2 saturated heterocycles. The lowest BCUT2D eigenvalue weighted by molar-refractivity contribution is -0.135. The third-order valence-corrected chi connectivity index (χ3v) is 5.27. The maximum absolute atomic E-state index is 13.2.